The zero-order valence-corrected chi connectivity index (χ0v) is 25.6. The van der Waals surface area contributed by atoms with Crippen molar-refractivity contribution in [2.45, 2.75) is 26.8 Å². The number of carbonyl (C=O) groups is 1. The molecule has 0 aliphatic carbocycles. The molecule has 0 saturated carbocycles. The van der Waals surface area contributed by atoms with E-state index in [-0.39, 0.29) is 17.9 Å². The van der Waals surface area contributed by atoms with Gasteiger partial charge in [0, 0.05) is 0 Å². The van der Waals surface area contributed by atoms with E-state index in [0.717, 1.165) is 5.56 Å². The van der Waals surface area contributed by atoms with E-state index < -0.39 is 12.0 Å². The third kappa shape index (κ3) is 5.43. The number of hydrogen-bond acceptors (Lipinski definition) is 8. The van der Waals surface area contributed by atoms with Gasteiger partial charge in [-0.1, -0.05) is 17.4 Å². The van der Waals surface area contributed by atoms with Crippen LogP contribution in [-0.2, 0) is 9.53 Å². The first-order valence-corrected chi connectivity index (χ1v) is 14.4. The van der Waals surface area contributed by atoms with Crippen LogP contribution in [0.1, 0.15) is 37.9 Å². The Labute approximate surface area is 244 Å². The highest BCUT2D eigenvalue weighted by Crippen LogP contribution is 2.36. The first kappa shape index (κ1) is 27.6. The summed E-state index contributed by atoms with van der Waals surface area (Å²) in [7, 11) is 1.56. The minimum absolute atomic E-state index is 0.192. The Kier molecular flexibility index (Phi) is 8.63. The van der Waals surface area contributed by atoms with Crippen LogP contribution >= 0.6 is 56.5 Å². The lowest BCUT2D eigenvalue weighted by molar-refractivity contribution is -0.139. The molecule has 194 valence electrons. The molecule has 0 unspecified atom stereocenters. The molecule has 0 spiro atoms. The average molecular weight is 746 g/mol. The molecule has 0 saturated heterocycles. The van der Waals surface area contributed by atoms with Gasteiger partial charge in [-0.2, -0.15) is 0 Å². The van der Waals surface area contributed by atoms with Crippen LogP contribution in [0, 0.1) is 7.14 Å². The monoisotopic (exact) mass is 746 g/mol. The Morgan fingerprint density at radius 3 is 2.49 bits per heavy atom. The maximum Gasteiger partial charge on any atom is 0.338 e. The van der Waals surface area contributed by atoms with E-state index >= 15 is 0 Å². The van der Waals surface area contributed by atoms with Crippen molar-refractivity contribution >= 4 is 68.6 Å². The van der Waals surface area contributed by atoms with Crippen LogP contribution in [0.4, 0.5) is 0 Å². The van der Waals surface area contributed by atoms with Gasteiger partial charge in [0.25, 0.3) is 5.56 Å². The Morgan fingerprint density at radius 2 is 1.86 bits per heavy atom. The smallest absolute Gasteiger partial charge is 0.338 e. The number of methoxy groups -OCH3 is 1. The van der Waals surface area contributed by atoms with Gasteiger partial charge in [-0.15, -0.1) is 0 Å². The number of fused-ring (bicyclic) bond motifs is 1. The Bertz CT molecular complexity index is 1570. The fourth-order valence-corrected chi connectivity index (χ4v) is 6.92. The Balaban J connectivity index is 1.97. The minimum atomic E-state index is -0.761. The summed E-state index contributed by atoms with van der Waals surface area (Å²) in [5, 5.41) is 10.1. The molecule has 0 bridgehead atoms. The van der Waals surface area contributed by atoms with Crippen LogP contribution in [-0.4, -0.2) is 36.0 Å². The molecule has 2 heterocycles. The zero-order valence-electron chi connectivity index (χ0n) is 20.5. The first-order chi connectivity index (χ1) is 17.7. The van der Waals surface area contributed by atoms with Crippen LogP contribution in [0.25, 0.3) is 6.08 Å². The van der Waals surface area contributed by atoms with Crippen molar-refractivity contribution < 1.29 is 24.1 Å². The van der Waals surface area contributed by atoms with Gasteiger partial charge in [0.2, 0.25) is 0 Å². The molecule has 8 nitrogen and oxygen atoms in total. The van der Waals surface area contributed by atoms with E-state index in [1.54, 1.807) is 51.3 Å². The van der Waals surface area contributed by atoms with Crippen LogP contribution < -0.4 is 24.4 Å². The topological polar surface area (TPSA) is 99.4 Å². The number of aromatic hydroxyl groups is 1. The molecule has 1 N–H and O–H groups in total. The molecule has 1 atom stereocenters. The maximum absolute atomic E-state index is 13.8. The van der Waals surface area contributed by atoms with Crippen LogP contribution in [0.15, 0.2) is 51.4 Å². The predicted molar refractivity (Wildman–Crippen MR) is 158 cm³/mol. The molecule has 1 aromatic heterocycles. The number of aromatic nitrogens is 1. The second-order valence-corrected chi connectivity index (χ2v) is 11.3. The lowest BCUT2D eigenvalue weighted by atomic mass is 9.95. The number of ether oxygens (including phenoxy) is 3. The number of benzene rings is 2. The quantitative estimate of drug-likeness (QED) is 0.289. The van der Waals surface area contributed by atoms with Gasteiger partial charge < -0.3 is 19.3 Å². The highest BCUT2D eigenvalue weighted by Gasteiger charge is 2.34. The fraction of sp³-hybridized carbons (Fsp3) is 0.269. The molecule has 0 radical (unpaired) electrons. The largest absolute Gasteiger partial charge is 0.506 e. The summed E-state index contributed by atoms with van der Waals surface area (Å²) < 4.78 is 19.9. The van der Waals surface area contributed by atoms with Crippen LogP contribution in [0.2, 0.25) is 0 Å². The molecule has 1 aliphatic heterocycles. The lowest BCUT2D eigenvalue weighted by Crippen LogP contribution is -2.40. The normalized spacial score (nSPS) is 15.3. The van der Waals surface area contributed by atoms with E-state index in [9.17, 15) is 14.7 Å². The van der Waals surface area contributed by atoms with Crippen molar-refractivity contribution in [3.63, 3.8) is 0 Å². The number of phenolic OH excluding ortho intramolecular Hbond substituents is 1. The van der Waals surface area contributed by atoms with Gasteiger partial charge in [-0.25, -0.2) is 9.79 Å². The van der Waals surface area contributed by atoms with E-state index in [0.29, 0.717) is 51.4 Å². The molecule has 11 heteroatoms. The van der Waals surface area contributed by atoms with Crippen molar-refractivity contribution in [2.75, 3.05) is 20.3 Å². The standard InChI is InChI=1S/C26H24I2N2O6S/c1-5-35-19-12-15(7-8-18(19)34-4)22-21(25(33)36-6-2)13(3)29-26-30(22)24(32)20(37-26)11-14-9-16(27)23(31)17(28)10-14/h7-12,22,31H,5-6H2,1-4H3/b20-11-/t22-/m1/s1. The number of nitrogens with zero attached hydrogens (tertiary/aromatic N) is 2. The number of hydrogen-bond donors (Lipinski definition) is 1. The molecule has 1 aliphatic rings. The number of thiazole rings is 1. The van der Waals surface area contributed by atoms with Crippen molar-refractivity contribution in [3.05, 3.63) is 79.6 Å². The van der Waals surface area contributed by atoms with Crippen molar-refractivity contribution in [1.82, 2.24) is 4.57 Å². The average Bonchev–Trinajstić information content (AvgIpc) is 3.16. The summed E-state index contributed by atoms with van der Waals surface area (Å²) in [6.45, 7) is 5.96. The molecule has 3 aromatic rings. The molecule has 37 heavy (non-hydrogen) atoms. The van der Waals surface area contributed by atoms with E-state index in [1.807, 2.05) is 13.0 Å². The van der Waals surface area contributed by atoms with Gasteiger partial charge in [-0.05, 0) is 107 Å². The molecule has 4 rings (SSSR count). The predicted octanol–water partition coefficient (Wildman–Crippen LogP) is 4.12. The minimum Gasteiger partial charge on any atom is -0.506 e. The number of carbonyl (C=O) groups excluding carboxylic acids is 1. The van der Waals surface area contributed by atoms with Crippen LogP contribution in [0.5, 0.6) is 17.2 Å². The van der Waals surface area contributed by atoms with Gasteiger partial charge in [-0.3, -0.25) is 9.36 Å². The first-order valence-electron chi connectivity index (χ1n) is 11.4. The summed E-state index contributed by atoms with van der Waals surface area (Å²) in [6.07, 6.45) is 1.77. The SMILES string of the molecule is CCOC(=O)C1=C(C)N=c2s/c(=C\c3cc(I)c(O)c(I)c3)c(=O)n2[C@@H]1c1ccc(OC)c(OCC)c1. The number of allylic oxidation sites excluding steroid dienone is 1. The summed E-state index contributed by atoms with van der Waals surface area (Å²) >= 11 is 5.36. The van der Waals surface area contributed by atoms with Gasteiger partial charge in [0.1, 0.15) is 5.75 Å². The molecular weight excluding hydrogens is 722 g/mol. The number of phenols is 1. The Hall–Kier alpha value is -2.39. The fourth-order valence-electron chi connectivity index (χ4n) is 4.06. The second-order valence-electron chi connectivity index (χ2n) is 7.98. The van der Waals surface area contributed by atoms with Gasteiger partial charge in [0.15, 0.2) is 16.3 Å². The molecule has 2 aromatic carbocycles. The summed E-state index contributed by atoms with van der Waals surface area (Å²) in [5.74, 6) is 0.738. The number of halogens is 2. The van der Waals surface area contributed by atoms with E-state index in [2.05, 4.69) is 50.2 Å². The van der Waals surface area contributed by atoms with Crippen molar-refractivity contribution in [1.29, 1.82) is 0 Å². The van der Waals surface area contributed by atoms with E-state index in [4.69, 9.17) is 14.2 Å². The highest BCUT2D eigenvalue weighted by atomic mass is 127. The third-order valence-electron chi connectivity index (χ3n) is 5.66. The summed E-state index contributed by atoms with van der Waals surface area (Å²) in [4.78, 5) is 32.0. The molecule has 0 fully saturated rings. The second kappa shape index (κ2) is 11.6. The summed E-state index contributed by atoms with van der Waals surface area (Å²) in [5.41, 5.74) is 1.94. The Morgan fingerprint density at radius 1 is 1.16 bits per heavy atom. The molecule has 0 amide bonds. The molecular formula is C26H24I2N2O6S. The summed E-state index contributed by atoms with van der Waals surface area (Å²) in [6, 6.07) is 8.21. The van der Waals surface area contributed by atoms with Crippen LogP contribution in [0.3, 0.4) is 0 Å². The maximum atomic E-state index is 13.8. The number of rotatable bonds is 7. The lowest BCUT2D eigenvalue weighted by Gasteiger charge is -2.25. The van der Waals surface area contributed by atoms with E-state index in [1.165, 1.54) is 15.9 Å². The number of esters is 1. The zero-order chi connectivity index (χ0) is 26.9. The van der Waals surface area contributed by atoms with Gasteiger partial charge >= 0.3 is 5.97 Å². The third-order valence-corrected chi connectivity index (χ3v) is 8.28. The van der Waals surface area contributed by atoms with Gasteiger partial charge in [0.05, 0.1) is 49.3 Å². The highest BCUT2D eigenvalue weighted by molar-refractivity contribution is 14.1. The van der Waals surface area contributed by atoms with Crippen molar-refractivity contribution in [2.24, 2.45) is 4.99 Å². The van der Waals surface area contributed by atoms with Crippen molar-refractivity contribution in [3.8, 4) is 17.2 Å².